The second-order valence-corrected chi connectivity index (χ2v) is 8.41. The summed E-state index contributed by atoms with van der Waals surface area (Å²) in [4.78, 5) is 19.6. The number of anilines is 1. The number of piperidine rings is 1. The van der Waals surface area contributed by atoms with E-state index in [2.05, 4.69) is 33.4 Å². The van der Waals surface area contributed by atoms with Gasteiger partial charge in [0.05, 0.1) is 12.2 Å². The molecule has 0 atom stereocenters. The van der Waals surface area contributed by atoms with Crippen LogP contribution in [0.15, 0.2) is 59.0 Å². The molecule has 1 aliphatic rings. The molecule has 32 heavy (non-hydrogen) atoms. The van der Waals surface area contributed by atoms with Crippen LogP contribution in [-0.4, -0.2) is 33.6 Å². The van der Waals surface area contributed by atoms with Crippen LogP contribution in [0.1, 0.15) is 30.1 Å². The third-order valence-corrected chi connectivity index (χ3v) is 6.03. The van der Waals surface area contributed by atoms with Gasteiger partial charge in [0.25, 0.3) is 0 Å². The number of rotatable bonds is 5. The molecule has 0 bridgehead atoms. The largest absolute Gasteiger partial charge is 0.465 e. The van der Waals surface area contributed by atoms with Gasteiger partial charge < -0.3 is 14.6 Å². The van der Waals surface area contributed by atoms with Crippen LogP contribution in [0.4, 0.5) is 5.82 Å². The van der Waals surface area contributed by atoms with Gasteiger partial charge in [0, 0.05) is 42.4 Å². The van der Waals surface area contributed by atoms with Gasteiger partial charge in [-0.2, -0.15) is 9.61 Å². The van der Waals surface area contributed by atoms with Crippen molar-refractivity contribution in [3.05, 3.63) is 71.8 Å². The topological polar surface area (TPSA) is 75.7 Å². The first kappa shape index (κ1) is 20.3. The highest BCUT2D eigenvalue weighted by Gasteiger charge is 2.26. The zero-order valence-corrected chi connectivity index (χ0v) is 18.4. The van der Waals surface area contributed by atoms with Crippen LogP contribution in [0, 0.1) is 19.8 Å². The standard InChI is InChI=1S/C25H27N5O2/c1-17-14-24(30-23(27-17)15-22(28-30)19-6-4-3-5-7-19)29-12-10-20(11-13-29)25(31)26-16-21-9-8-18(2)32-21/h3-9,14-15,20H,10-13,16H2,1-2H3,(H,26,31). The van der Waals surface area contributed by atoms with Crippen molar-refractivity contribution >= 4 is 17.4 Å². The molecule has 0 unspecified atom stereocenters. The zero-order chi connectivity index (χ0) is 22.1. The highest BCUT2D eigenvalue weighted by Crippen LogP contribution is 2.27. The summed E-state index contributed by atoms with van der Waals surface area (Å²) in [6, 6.07) is 18.1. The number of fused-ring (bicyclic) bond motifs is 1. The molecule has 4 aromatic rings. The molecule has 1 N–H and O–H groups in total. The zero-order valence-electron chi connectivity index (χ0n) is 18.4. The molecule has 1 aromatic carbocycles. The maximum atomic E-state index is 12.6. The average Bonchev–Trinajstić information content (AvgIpc) is 3.43. The number of aromatic nitrogens is 3. The second-order valence-electron chi connectivity index (χ2n) is 8.41. The summed E-state index contributed by atoms with van der Waals surface area (Å²) in [6.45, 7) is 5.96. The number of hydrogen-bond donors (Lipinski definition) is 1. The minimum Gasteiger partial charge on any atom is -0.465 e. The summed E-state index contributed by atoms with van der Waals surface area (Å²) < 4.78 is 7.47. The fourth-order valence-electron chi connectivity index (χ4n) is 4.33. The van der Waals surface area contributed by atoms with Gasteiger partial charge in [-0.3, -0.25) is 4.79 Å². The monoisotopic (exact) mass is 429 g/mol. The maximum absolute atomic E-state index is 12.6. The molecule has 0 saturated carbocycles. The molecule has 5 rings (SSSR count). The Hall–Kier alpha value is -3.61. The summed E-state index contributed by atoms with van der Waals surface area (Å²) >= 11 is 0. The van der Waals surface area contributed by atoms with Gasteiger partial charge in [0.15, 0.2) is 5.65 Å². The molecular formula is C25H27N5O2. The van der Waals surface area contributed by atoms with Crippen LogP contribution in [0.25, 0.3) is 16.9 Å². The lowest BCUT2D eigenvalue weighted by Gasteiger charge is -2.33. The van der Waals surface area contributed by atoms with Crippen LogP contribution < -0.4 is 10.2 Å². The number of amides is 1. The summed E-state index contributed by atoms with van der Waals surface area (Å²) in [7, 11) is 0. The lowest BCUT2D eigenvalue weighted by molar-refractivity contribution is -0.125. The Morgan fingerprint density at radius 3 is 2.59 bits per heavy atom. The number of hydrogen-bond acceptors (Lipinski definition) is 5. The number of carbonyl (C=O) groups is 1. The van der Waals surface area contributed by atoms with Crippen LogP contribution in [0.5, 0.6) is 0 Å². The Kier molecular flexibility index (Phi) is 5.39. The number of nitrogens with zero attached hydrogens (tertiary/aromatic N) is 4. The van der Waals surface area contributed by atoms with Crippen LogP contribution >= 0.6 is 0 Å². The van der Waals surface area contributed by atoms with Crippen molar-refractivity contribution in [1.82, 2.24) is 19.9 Å². The van der Waals surface area contributed by atoms with Crippen molar-refractivity contribution < 1.29 is 9.21 Å². The minimum atomic E-state index is 0.0123. The van der Waals surface area contributed by atoms with Gasteiger partial charge in [-0.15, -0.1) is 0 Å². The Bertz CT molecular complexity index is 1240. The second kappa shape index (κ2) is 8.49. The molecule has 1 fully saturated rings. The van der Waals surface area contributed by atoms with Gasteiger partial charge in [0.1, 0.15) is 17.3 Å². The number of nitrogens with one attached hydrogen (secondary N) is 1. The summed E-state index contributed by atoms with van der Waals surface area (Å²) in [5.41, 5.74) is 3.78. The van der Waals surface area contributed by atoms with E-state index in [9.17, 15) is 4.79 Å². The van der Waals surface area contributed by atoms with E-state index in [-0.39, 0.29) is 11.8 Å². The number of benzene rings is 1. The third-order valence-electron chi connectivity index (χ3n) is 6.03. The number of aryl methyl sites for hydroxylation is 2. The molecule has 0 spiro atoms. The first-order valence-electron chi connectivity index (χ1n) is 11.1. The highest BCUT2D eigenvalue weighted by molar-refractivity contribution is 5.79. The Balaban J connectivity index is 1.29. The smallest absolute Gasteiger partial charge is 0.223 e. The Morgan fingerprint density at radius 1 is 1.09 bits per heavy atom. The Labute approximate surface area is 187 Å². The molecule has 4 heterocycles. The molecule has 1 amide bonds. The van der Waals surface area contributed by atoms with Crippen molar-refractivity contribution in [2.45, 2.75) is 33.2 Å². The van der Waals surface area contributed by atoms with Crippen LogP contribution in [-0.2, 0) is 11.3 Å². The van der Waals surface area contributed by atoms with Crippen molar-refractivity contribution in [2.75, 3.05) is 18.0 Å². The summed E-state index contributed by atoms with van der Waals surface area (Å²) in [5, 5.41) is 7.86. The van der Waals surface area contributed by atoms with E-state index in [0.717, 1.165) is 65.9 Å². The minimum absolute atomic E-state index is 0.0123. The number of furan rings is 1. The van der Waals surface area contributed by atoms with E-state index in [0.29, 0.717) is 6.54 Å². The molecule has 7 heteroatoms. The molecule has 1 saturated heterocycles. The van der Waals surface area contributed by atoms with E-state index in [1.807, 2.05) is 54.8 Å². The molecule has 0 aliphatic carbocycles. The summed E-state index contributed by atoms with van der Waals surface area (Å²) in [5.74, 6) is 2.78. The maximum Gasteiger partial charge on any atom is 0.223 e. The van der Waals surface area contributed by atoms with E-state index >= 15 is 0 Å². The molecule has 3 aromatic heterocycles. The fraction of sp³-hybridized carbons (Fsp3) is 0.320. The normalized spacial score (nSPS) is 14.8. The van der Waals surface area contributed by atoms with Crippen molar-refractivity contribution in [3.8, 4) is 11.3 Å². The van der Waals surface area contributed by atoms with E-state index in [1.54, 1.807) is 0 Å². The molecule has 1 aliphatic heterocycles. The predicted octanol–water partition coefficient (Wildman–Crippen LogP) is 4.14. The van der Waals surface area contributed by atoms with Gasteiger partial charge in [-0.1, -0.05) is 30.3 Å². The van der Waals surface area contributed by atoms with Gasteiger partial charge in [0.2, 0.25) is 5.91 Å². The van der Waals surface area contributed by atoms with Crippen molar-refractivity contribution in [3.63, 3.8) is 0 Å². The van der Waals surface area contributed by atoms with Gasteiger partial charge in [-0.05, 0) is 38.8 Å². The highest BCUT2D eigenvalue weighted by atomic mass is 16.3. The van der Waals surface area contributed by atoms with Crippen LogP contribution in [0.3, 0.4) is 0 Å². The first-order valence-corrected chi connectivity index (χ1v) is 11.1. The van der Waals surface area contributed by atoms with Crippen molar-refractivity contribution in [2.24, 2.45) is 5.92 Å². The van der Waals surface area contributed by atoms with Gasteiger partial charge in [-0.25, -0.2) is 4.98 Å². The van der Waals surface area contributed by atoms with Crippen molar-refractivity contribution in [1.29, 1.82) is 0 Å². The lowest BCUT2D eigenvalue weighted by Crippen LogP contribution is -2.41. The lowest BCUT2D eigenvalue weighted by atomic mass is 9.96. The SMILES string of the molecule is Cc1cc(N2CCC(C(=O)NCc3ccc(C)o3)CC2)n2nc(-c3ccccc3)cc2n1. The summed E-state index contributed by atoms with van der Waals surface area (Å²) in [6.07, 6.45) is 1.61. The predicted molar refractivity (Wildman–Crippen MR) is 123 cm³/mol. The molecule has 0 radical (unpaired) electrons. The Morgan fingerprint density at radius 2 is 1.88 bits per heavy atom. The third kappa shape index (κ3) is 4.10. The van der Waals surface area contributed by atoms with E-state index in [4.69, 9.17) is 9.52 Å². The first-order chi connectivity index (χ1) is 15.6. The number of carbonyl (C=O) groups excluding carboxylic acids is 1. The van der Waals surface area contributed by atoms with Crippen LogP contribution in [0.2, 0.25) is 0 Å². The average molecular weight is 430 g/mol. The van der Waals surface area contributed by atoms with Gasteiger partial charge >= 0.3 is 0 Å². The quantitative estimate of drug-likeness (QED) is 0.516. The molecular weight excluding hydrogens is 402 g/mol. The van der Waals surface area contributed by atoms with E-state index < -0.39 is 0 Å². The molecule has 164 valence electrons. The van der Waals surface area contributed by atoms with E-state index in [1.165, 1.54) is 0 Å². The fourth-order valence-corrected chi connectivity index (χ4v) is 4.33. The molecule has 7 nitrogen and oxygen atoms in total.